The first-order valence-electron chi connectivity index (χ1n) is 7.52. The number of nitro groups is 1. The molecule has 0 saturated carbocycles. The molecule has 1 aliphatic rings. The van der Waals surface area contributed by atoms with Gasteiger partial charge in [-0.3, -0.25) is 19.7 Å². The summed E-state index contributed by atoms with van der Waals surface area (Å²) in [5, 5.41) is 22.7. The van der Waals surface area contributed by atoms with Crippen molar-refractivity contribution in [1.29, 1.82) is 0 Å². The van der Waals surface area contributed by atoms with Crippen LogP contribution < -0.4 is 5.32 Å². The maximum absolute atomic E-state index is 12.7. The number of carbonyl (C=O) groups is 2. The van der Waals surface area contributed by atoms with E-state index in [1.54, 1.807) is 0 Å². The Balaban J connectivity index is 2.23. The van der Waals surface area contributed by atoms with E-state index in [4.69, 9.17) is 4.74 Å². The molecule has 2 rings (SSSR count). The van der Waals surface area contributed by atoms with Crippen LogP contribution in [0.15, 0.2) is 18.2 Å². The van der Waals surface area contributed by atoms with Gasteiger partial charge in [0, 0.05) is 25.8 Å². The lowest BCUT2D eigenvalue weighted by Crippen LogP contribution is -2.46. The van der Waals surface area contributed by atoms with Gasteiger partial charge in [0.25, 0.3) is 11.6 Å². The Kier molecular flexibility index (Phi) is 5.50. The van der Waals surface area contributed by atoms with Crippen LogP contribution in [0.3, 0.4) is 0 Å². The summed E-state index contributed by atoms with van der Waals surface area (Å²) in [5.74, 6) is -2.17. The number of hydrogen-bond acceptors (Lipinski definition) is 5. The lowest BCUT2D eigenvalue weighted by Gasteiger charge is -2.33. The highest BCUT2D eigenvalue weighted by Crippen LogP contribution is 2.33. The lowest BCUT2D eigenvalue weighted by molar-refractivity contribution is -0.385. The largest absolute Gasteiger partial charge is 0.481 e. The zero-order valence-corrected chi connectivity index (χ0v) is 13.3. The fourth-order valence-electron chi connectivity index (χ4n) is 2.62. The van der Waals surface area contributed by atoms with Crippen molar-refractivity contribution in [2.45, 2.75) is 19.0 Å². The first kappa shape index (κ1) is 19.6. The summed E-state index contributed by atoms with van der Waals surface area (Å²) in [7, 11) is 0. The molecule has 2 N–H and O–H groups in total. The van der Waals surface area contributed by atoms with Crippen molar-refractivity contribution < 1.29 is 37.5 Å². The van der Waals surface area contributed by atoms with Crippen molar-refractivity contribution in [1.82, 2.24) is 5.32 Å². The van der Waals surface area contributed by atoms with Crippen LogP contribution in [-0.2, 0) is 15.7 Å². The van der Waals surface area contributed by atoms with Gasteiger partial charge >= 0.3 is 12.1 Å². The second-order valence-corrected chi connectivity index (χ2v) is 5.87. The highest BCUT2D eigenvalue weighted by Gasteiger charge is 2.41. The smallest absolute Gasteiger partial charge is 0.416 e. The summed E-state index contributed by atoms with van der Waals surface area (Å²) in [5.41, 5.74) is -4.12. The lowest BCUT2D eigenvalue weighted by atomic mass is 9.80. The standard InChI is InChI=1S/C15H15F3N2O6/c16-15(17,18)9-1-2-10(11(7-9)20(24)25)12(21)19-8-14(13(22)23)3-5-26-6-4-14/h1-2,7H,3-6,8H2,(H,19,21)(H,22,23). The molecular weight excluding hydrogens is 361 g/mol. The van der Waals surface area contributed by atoms with Crippen LogP contribution in [0.1, 0.15) is 28.8 Å². The number of benzene rings is 1. The highest BCUT2D eigenvalue weighted by molar-refractivity contribution is 5.98. The van der Waals surface area contributed by atoms with Gasteiger partial charge < -0.3 is 15.2 Å². The number of ether oxygens (including phenoxy) is 1. The quantitative estimate of drug-likeness (QED) is 0.601. The average molecular weight is 376 g/mol. The zero-order valence-electron chi connectivity index (χ0n) is 13.3. The second-order valence-electron chi connectivity index (χ2n) is 5.87. The molecule has 26 heavy (non-hydrogen) atoms. The number of carbonyl (C=O) groups excluding carboxylic acids is 1. The second kappa shape index (κ2) is 7.28. The van der Waals surface area contributed by atoms with Crippen molar-refractivity contribution >= 4 is 17.6 Å². The highest BCUT2D eigenvalue weighted by atomic mass is 19.4. The molecule has 142 valence electrons. The van der Waals surface area contributed by atoms with Gasteiger partial charge in [-0.25, -0.2) is 0 Å². The van der Waals surface area contributed by atoms with E-state index in [9.17, 15) is 38.0 Å². The number of nitro benzene ring substituents is 1. The van der Waals surface area contributed by atoms with Crippen LogP contribution >= 0.6 is 0 Å². The van der Waals surface area contributed by atoms with Crippen LogP contribution in [0.5, 0.6) is 0 Å². The molecule has 0 unspecified atom stereocenters. The Morgan fingerprint density at radius 1 is 1.31 bits per heavy atom. The fraction of sp³-hybridized carbons (Fsp3) is 0.467. The van der Waals surface area contributed by atoms with Gasteiger partial charge in [0.15, 0.2) is 0 Å². The third-order valence-electron chi connectivity index (χ3n) is 4.26. The molecule has 0 bridgehead atoms. The molecule has 1 amide bonds. The van der Waals surface area contributed by atoms with E-state index in [0.717, 1.165) is 0 Å². The van der Waals surface area contributed by atoms with Crippen LogP contribution in [0.25, 0.3) is 0 Å². The van der Waals surface area contributed by atoms with E-state index < -0.39 is 45.2 Å². The minimum atomic E-state index is -4.80. The number of nitrogens with zero attached hydrogens (tertiary/aromatic N) is 1. The number of hydrogen-bond donors (Lipinski definition) is 2. The molecule has 1 heterocycles. The Bertz CT molecular complexity index is 729. The molecule has 1 aromatic carbocycles. The van der Waals surface area contributed by atoms with Gasteiger partial charge in [-0.1, -0.05) is 0 Å². The Labute approximate surface area is 145 Å². The number of aliphatic carboxylic acids is 1. The molecule has 11 heteroatoms. The van der Waals surface area contributed by atoms with Gasteiger partial charge in [-0.05, 0) is 25.0 Å². The first-order valence-corrected chi connectivity index (χ1v) is 7.52. The van der Waals surface area contributed by atoms with E-state index in [2.05, 4.69) is 5.32 Å². The molecule has 0 radical (unpaired) electrons. The Hall–Kier alpha value is -2.69. The van der Waals surface area contributed by atoms with Gasteiger partial charge in [-0.15, -0.1) is 0 Å². The van der Waals surface area contributed by atoms with Gasteiger partial charge in [0.2, 0.25) is 0 Å². The first-order chi connectivity index (χ1) is 12.1. The number of rotatable bonds is 5. The van der Waals surface area contributed by atoms with Crippen molar-refractivity contribution in [2.24, 2.45) is 5.41 Å². The maximum Gasteiger partial charge on any atom is 0.416 e. The molecule has 1 aromatic rings. The molecule has 1 aliphatic heterocycles. The third kappa shape index (κ3) is 4.10. The maximum atomic E-state index is 12.7. The summed E-state index contributed by atoms with van der Waals surface area (Å²) < 4.78 is 43.2. The van der Waals surface area contributed by atoms with E-state index in [1.165, 1.54) is 0 Å². The number of alkyl halides is 3. The summed E-state index contributed by atoms with van der Waals surface area (Å²) in [6, 6.07) is 1.54. The van der Waals surface area contributed by atoms with Crippen LogP contribution in [-0.4, -0.2) is 41.7 Å². The van der Waals surface area contributed by atoms with Crippen molar-refractivity contribution in [2.75, 3.05) is 19.8 Å². The van der Waals surface area contributed by atoms with Crippen LogP contribution in [0, 0.1) is 15.5 Å². The molecular formula is C15H15F3N2O6. The summed E-state index contributed by atoms with van der Waals surface area (Å²) in [4.78, 5) is 33.7. The average Bonchev–Trinajstić information content (AvgIpc) is 2.59. The van der Waals surface area contributed by atoms with Crippen molar-refractivity contribution in [3.05, 3.63) is 39.4 Å². The Morgan fingerprint density at radius 2 is 1.92 bits per heavy atom. The molecule has 0 aromatic heterocycles. The number of halogens is 3. The normalized spacial score (nSPS) is 16.7. The summed E-state index contributed by atoms with van der Waals surface area (Å²) in [6.45, 7) is 0.0495. The SMILES string of the molecule is O=C(NCC1(C(=O)O)CCOCC1)c1ccc(C(F)(F)F)cc1[N+](=O)[O-]. The van der Waals surface area contributed by atoms with Crippen LogP contribution in [0.4, 0.5) is 18.9 Å². The van der Waals surface area contributed by atoms with E-state index in [0.29, 0.717) is 12.1 Å². The summed E-state index contributed by atoms with van der Waals surface area (Å²) in [6.07, 6.45) is -4.52. The third-order valence-corrected chi connectivity index (χ3v) is 4.26. The summed E-state index contributed by atoms with van der Waals surface area (Å²) >= 11 is 0. The molecule has 1 fully saturated rings. The van der Waals surface area contributed by atoms with Crippen molar-refractivity contribution in [3.63, 3.8) is 0 Å². The predicted molar refractivity (Wildman–Crippen MR) is 80.6 cm³/mol. The minimum absolute atomic E-state index is 0.137. The minimum Gasteiger partial charge on any atom is -0.481 e. The van der Waals surface area contributed by atoms with Gasteiger partial charge in [0.05, 0.1) is 15.9 Å². The number of amides is 1. The fourth-order valence-corrected chi connectivity index (χ4v) is 2.62. The molecule has 8 nitrogen and oxygen atoms in total. The zero-order chi connectivity index (χ0) is 19.5. The van der Waals surface area contributed by atoms with E-state index in [-0.39, 0.29) is 38.7 Å². The van der Waals surface area contributed by atoms with Crippen molar-refractivity contribution in [3.8, 4) is 0 Å². The van der Waals surface area contributed by atoms with Gasteiger partial charge in [-0.2, -0.15) is 13.2 Å². The van der Waals surface area contributed by atoms with Gasteiger partial charge in [0.1, 0.15) is 5.56 Å². The monoisotopic (exact) mass is 376 g/mol. The number of carboxylic acid groups (broad SMARTS) is 1. The molecule has 0 atom stereocenters. The molecule has 0 spiro atoms. The number of nitrogens with one attached hydrogen (secondary N) is 1. The van der Waals surface area contributed by atoms with E-state index in [1.807, 2.05) is 0 Å². The number of carboxylic acids is 1. The predicted octanol–water partition coefficient (Wildman–Crippen LogP) is 2.22. The molecule has 1 saturated heterocycles. The van der Waals surface area contributed by atoms with E-state index >= 15 is 0 Å². The topological polar surface area (TPSA) is 119 Å². The molecule has 0 aliphatic carbocycles. The van der Waals surface area contributed by atoms with Crippen LogP contribution in [0.2, 0.25) is 0 Å². The Morgan fingerprint density at radius 3 is 2.42 bits per heavy atom.